The number of aryl methyl sites for hydroxylation is 2. The van der Waals surface area contributed by atoms with E-state index in [2.05, 4.69) is 10.6 Å². The third-order valence-corrected chi connectivity index (χ3v) is 2.84. The van der Waals surface area contributed by atoms with Gasteiger partial charge in [0.25, 0.3) is 0 Å². The summed E-state index contributed by atoms with van der Waals surface area (Å²) in [5.74, 6) is -0.0515. The molecule has 0 unspecified atom stereocenters. The molecule has 98 valence electrons. The minimum absolute atomic E-state index is 0.0515. The van der Waals surface area contributed by atoms with Crippen molar-refractivity contribution < 1.29 is 4.79 Å². The predicted molar refractivity (Wildman–Crippen MR) is 79.5 cm³/mol. The van der Waals surface area contributed by atoms with E-state index >= 15 is 0 Å². The van der Waals surface area contributed by atoms with E-state index in [1.807, 2.05) is 62.4 Å². The summed E-state index contributed by atoms with van der Waals surface area (Å²) in [6.45, 7) is 4.31. The Morgan fingerprint density at radius 1 is 0.842 bits per heavy atom. The van der Waals surface area contributed by atoms with Crippen molar-refractivity contribution in [2.45, 2.75) is 13.8 Å². The number of anilines is 2. The lowest BCUT2D eigenvalue weighted by atomic mass is 10.2. The van der Waals surface area contributed by atoms with Crippen molar-refractivity contribution in [3.8, 4) is 0 Å². The third kappa shape index (κ3) is 4.14. The first-order valence-corrected chi connectivity index (χ1v) is 6.30. The van der Waals surface area contributed by atoms with E-state index in [4.69, 9.17) is 0 Å². The van der Waals surface area contributed by atoms with Gasteiger partial charge in [0.1, 0.15) is 0 Å². The van der Waals surface area contributed by atoms with Gasteiger partial charge in [0.05, 0.1) is 6.54 Å². The lowest BCUT2D eigenvalue weighted by Crippen LogP contribution is -2.21. The van der Waals surface area contributed by atoms with E-state index in [-0.39, 0.29) is 12.5 Å². The standard InChI is InChI=1S/C16H18N2O/c1-12-3-7-14(8-4-12)17-11-16(19)18-15-9-5-13(2)6-10-15/h3-10,17H,11H2,1-2H3,(H,18,19). The molecule has 0 aromatic heterocycles. The lowest BCUT2D eigenvalue weighted by Gasteiger charge is -2.08. The molecule has 2 aromatic carbocycles. The fourth-order valence-corrected chi connectivity index (χ4v) is 1.70. The van der Waals surface area contributed by atoms with Crippen LogP contribution in [-0.4, -0.2) is 12.5 Å². The van der Waals surface area contributed by atoms with Gasteiger partial charge in [-0.2, -0.15) is 0 Å². The smallest absolute Gasteiger partial charge is 0.243 e. The van der Waals surface area contributed by atoms with Crippen LogP contribution >= 0.6 is 0 Å². The highest BCUT2D eigenvalue weighted by atomic mass is 16.1. The molecular weight excluding hydrogens is 236 g/mol. The number of hydrogen-bond donors (Lipinski definition) is 2. The Hall–Kier alpha value is -2.29. The van der Waals surface area contributed by atoms with Crippen LogP contribution in [0, 0.1) is 13.8 Å². The molecule has 0 saturated heterocycles. The Labute approximate surface area is 113 Å². The average Bonchev–Trinajstić information content (AvgIpc) is 2.41. The molecule has 0 saturated carbocycles. The SMILES string of the molecule is Cc1ccc(NCC(=O)Nc2ccc(C)cc2)cc1. The lowest BCUT2D eigenvalue weighted by molar-refractivity contribution is -0.114. The molecule has 2 rings (SSSR count). The maximum atomic E-state index is 11.8. The van der Waals surface area contributed by atoms with Crippen LogP contribution in [0.1, 0.15) is 11.1 Å². The van der Waals surface area contributed by atoms with Crippen molar-refractivity contribution in [1.82, 2.24) is 0 Å². The summed E-state index contributed by atoms with van der Waals surface area (Å²) in [5.41, 5.74) is 4.15. The summed E-state index contributed by atoms with van der Waals surface area (Å²) >= 11 is 0. The van der Waals surface area contributed by atoms with Crippen LogP contribution in [0.4, 0.5) is 11.4 Å². The molecular formula is C16H18N2O. The molecule has 0 fully saturated rings. The molecule has 1 amide bonds. The van der Waals surface area contributed by atoms with Crippen LogP contribution < -0.4 is 10.6 Å². The maximum absolute atomic E-state index is 11.8. The summed E-state index contributed by atoms with van der Waals surface area (Å²) in [5, 5.41) is 5.94. The Bertz CT molecular complexity index is 544. The number of carbonyl (C=O) groups excluding carboxylic acids is 1. The molecule has 19 heavy (non-hydrogen) atoms. The second-order valence-electron chi connectivity index (χ2n) is 4.63. The van der Waals surface area contributed by atoms with Crippen LogP contribution in [0.3, 0.4) is 0 Å². The van der Waals surface area contributed by atoms with Crippen molar-refractivity contribution in [2.75, 3.05) is 17.2 Å². The van der Waals surface area contributed by atoms with Crippen molar-refractivity contribution in [2.24, 2.45) is 0 Å². The molecule has 0 spiro atoms. The van der Waals surface area contributed by atoms with Crippen molar-refractivity contribution in [3.05, 3.63) is 59.7 Å². The van der Waals surface area contributed by atoms with Crippen molar-refractivity contribution in [1.29, 1.82) is 0 Å². The fourth-order valence-electron chi connectivity index (χ4n) is 1.70. The van der Waals surface area contributed by atoms with E-state index in [1.165, 1.54) is 11.1 Å². The van der Waals surface area contributed by atoms with E-state index in [1.54, 1.807) is 0 Å². The highest BCUT2D eigenvalue weighted by Gasteiger charge is 2.01. The topological polar surface area (TPSA) is 41.1 Å². The van der Waals surface area contributed by atoms with Gasteiger partial charge in [-0.1, -0.05) is 35.4 Å². The zero-order valence-electron chi connectivity index (χ0n) is 11.2. The number of carbonyl (C=O) groups is 1. The van der Waals surface area contributed by atoms with Crippen LogP contribution in [-0.2, 0) is 4.79 Å². The molecule has 0 heterocycles. The second-order valence-corrected chi connectivity index (χ2v) is 4.63. The molecule has 2 N–H and O–H groups in total. The second kappa shape index (κ2) is 6.05. The van der Waals surface area contributed by atoms with Crippen molar-refractivity contribution in [3.63, 3.8) is 0 Å². The summed E-state index contributed by atoms with van der Waals surface area (Å²) in [4.78, 5) is 11.8. The zero-order valence-corrected chi connectivity index (χ0v) is 11.2. The Morgan fingerprint density at radius 2 is 1.32 bits per heavy atom. The van der Waals surface area contributed by atoms with Crippen LogP contribution in [0.5, 0.6) is 0 Å². The van der Waals surface area contributed by atoms with E-state index in [0.717, 1.165) is 11.4 Å². The minimum atomic E-state index is -0.0515. The first kappa shape index (κ1) is 13.1. The van der Waals surface area contributed by atoms with Gasteiger partial charge in [-0.15, -0.1) is 0 Å². The minimum Gasteiger partial charge on any atom is -0.376 e. The van der Waals surface area contributed by atoms with Crippen LogP contribution in [0.25, 0.3) is 0 Å². The quantitative estimate of drug-likeness (QED) is 0.878. The van der Waals surface area contributed by atoms with Gasteiger partial charge in [0.2, 0.25) is 5.91 Å². The van der Waals surface area contributed by atoms with E-state index in [0.29, 0.717) is 0 Å². The summed E-state index contributed by atoms with van der Waals surface area (Å²) < 4.78 is 0. The molecule has 0 radical (unpaired) electrons. The van der Waals surface area contributed by atoms with E-state index < -0.39 is 0 Å². The Kier molecular flexibility index (Phi) is 4.18. The molecule has 0 bridgehead atoms. The highest BCUT2D eigenvalue weighted by Crippen LogP contribution is 2.10. The first-order chi connectivity index (χ1) is 9.13. The van der Waals surface area contributed by atoms with Gasteiger partial charge in [0, 0.05) is 11.4 Å². The molecule has 2 aromatic rings. The predicted octanol–water partition coefficient (Wildman–Crippen LogP) is 3.35. The van der Waals surface area contributed by atoms with E-state index in [9.17, 15) is 4.79 Å². The molecule has 0 atom stereocenters. The van der Waals surface area contributed by atoms with Gasteiger partial charge >= 0.3 is 0 Å². The van der Waals surface area contributed by atoms with Crippen LogP contribution in [0.15, 0.2) is 48.5 Å². The van der Waals surface area contributed by atoms with Crippen molar-refractivity contribution >= 4 is 17.3 Å². The summed E-state index contributed by atoms with van der Waals surface area (Å²) in [6, 6.07) is 15.7. The molecule has 3 heteroatoms. The van der Waals surface area contributed by atoms with Gasteiger partial charge in [-0.25, -0.2) is 0 Å². The van der Waals surface area contributed by atoms with Gasteiger partial charge in [0.15, 0.2) is 0 Å². The summed E-state index contributed by atoms with van der Waals surface area (Å²) in [6.07, 6.45) is 0. The Morgan fingerprint density at radius 3 is 1.84 bits per heavy atom. The van der Waals surface area contributed by atoms with Gasteiger partial charge in [-0.05, 0) is 38.1 Å². The number of hydrogen-bond acceptors (Lipinski definition) is 2. The third-order valence-electron chi connectivity index (χ3n) is 2.84. The molecule has 3 nitrogen and oxygen atoms in total. The molecule has 0 aliphatic heterocycles. The highest BCUT2D eigenvalue weighted by molar-refractivity contribution is 5.93. The number of amides is 1. The first-order valence-electron chi connectivity index (χ1n) is 6.30. The molecule has 0 aliphatic rings. The molecule has 0 aliphatic carbocycles. The monoisotopic (exact) mass is 254 g/mol. The largest absolute Gasteiger partial charge is 0.376 e. The number of benzene rings is 2. The van der Waals surface area contributed by atoms with Gasteiger partial charge < -0.3 is 10.6 Å². The zero-order chi connectivity index (χ0) is 13.7. The number of nitrogens with one attached hydrogen (secondary N) is 2. The summed E-state index contributed by atoms with van der Waals surface area (Å²) in [7, 11) is 0. The van der Waals surface area contributed by atoms with Crippen LogP contribution in [0.2, 0.25) is 0 Å². The normalized spacial score (nSPS) is 10.0. The average molecular weight is 254 g/mol. The maximum Gasteiger partial charge on any atom is 0.243 e. The Balaban J connectivity index is 1.84. The fraction of sp³-hybridized carbons (Fsp3) is 0.188. The van der Waals surface area contributed by atoms with Gasteiger partial charge in [-0.3, -0.25) is 4.79 Å². The number of rotatable bonds is 4.